The highest BCUT2D eigenvalue weighted by molar-refractivity contribution is 7.89. The summed E-state index contributed by atoms with van der Waals surface area (Å²) in [5.41, 5.74) is 1.84. The minimum absolute atomic E-state index is 0.106. The average molecular weight is 391 g/mol. The van der Waals surface area contributed by atoms with Gasteiger partial charge < -0.3 is 14.6 Å². The van der Waals surface area contributed by atoms with E-state index in [-0.39, 0.29) is 11.4 Å². The Kier molecular flexibility index (Phi) is 5.20. The first kappa shape index (κ1) is 19.7. The van der Waals surface area contributed by atoms with Crippen LogP contribution in [0.4, 0.5) is 0 Å². The van der Waals surface area contributed by atoms with Crippen LogP contribution in [0.15, 0.2) is 35.2 Å². The van der Waals surface area contributed by atoms with Crippen molar-refractivity contribution >= 4 is 10.0 Å². The van der Waals surface area contributed by atoms with Crippen LogP contribution in [0.1, 0.15) is 28.7 Å². The molecule has 0 saturated heterocycles. The van der Waals surface area contributed by atoms with Gasteiger partial charge in [0.2, 0.25) is 10.0 Å². The lowest BCUT2D eigenvalue weighted by molar-refractivity contribution is 0.0440. The minimum atomic E-state index is -3.74. The molecular formula is C20H25NO5S. The molecule has 1 atom stereocenters. The molecule has 146 valence electrons. The molecule has 0 saturated carbocycles. The van der Waals surface area contributed by atoms with E-state index in [1.807, 2.05) is 19.1 Å². The largest absolute Gasteiger partial charge is 0.493 e. The van der Waals surface area contributed by atoms with Gasteiger partial charge in [-0.15, -0.1) is 0 Å². The molecule has 0 bridgehead atoms. The fraction of sp³-hybridized carbons (Fsp3) is 0.400. The number of aryl methyl sites for hydroxylation is 3. The second kappa shape index (κ2) is 7.14. The highest BCUT2D eigenvalue weighted by Gasteiger charge is 2.39. The SMILES string of the molecule is COc1cc2c(cc1OC)C(O)(CNS(=O)(=O)c1cc(C)ccc1C)CC2. The number of hydrogen-bond acceptors (Lipinski definition) is 5. The summed E-state index contributed by atoms with van der Waals surface area (Å²) < 4.78 is 38.8. The zero-order chi connectivity index (χ0) is 19.8. The molecule has 0 amide bonds. The fourth-order valence-electron chi connectivity index (χ4n) is 3.51. The molecule has 0 aromatic heterocycles. The molecule has 3 rings (SSSR count). The molecule has 1 aliphatic rings. The molecule has 0 aliphatic heterocycles. The number of ether oxygens (including phenoxy) is 2. The van der Waals surface area contributed by atoms with Gasteiger partial charge in [0, 0.05) is 6.54 Å². The van der Waals surface area contributed by atoms with E-state index in [9.17, 15) is 13.5 Å². The Morgan fingerprint density at radius 2 is 1.78 bits per heavy atom. The molecule has 6 nitrogen and oxygen atoms in total. The van der Waals surface area contributed by atoms with Gasteiger partial charge in [0.05, 0.1) is 19.1 Å². The predicted octanol–water partition coefficient (Wildman–Crippen LogP) is 2.43. The van der Waals surface area contributed by atoms with E-state index in [0.29, 0.717) is 35.5 Å². The Hall–Kier alpha value is -2.09. The van der Waals surface area contributed by atoms with Crippen LogP contribution < -0.4 is 14.2 Å². The van der Waals surface area contributed by atoms with E-state index in [1.165, 1.54) is 7.11 Å². The molecule has 1 unspecified atom stereocenters. The van der Waals surface area contributed by atoms with Crippen molar-refractivity contribution in [2.24, 2.45) is 0 Å². The Morgan fingerprint density at radius 1 is 1.11 bits per heavy atom. The van der Waals surface area contributed by atoms with Gasteiger partial charge >= 0.3 is 0 Å². The molecule has 27 heavy (non-hydrogen) atoms. The van der Waals surface area contributed by atoms with Crippen molar-refractivity contribution in [2.75, 3.05) is 20.8 Å². The van der Waals surface area contributed by atoms with Gasteiger partial charge in [0.15, 0.2) is 11.5 Å². The van der Waals surface area contributed by atoms with Gasteiger partial charge in [-0.3, -0.25) is 0 Å². The van der Waals surface area contributed by atoms with Gasteiger partial charge in [-0.1, -0.05) is 12.1 Å². The summed E-state index contributed by atoms with van der Waals surface area (Å²) in [4.78, 5) is 0.233. The van der Waals surface area contributed by atoms with Gasteiger partial charge in [0.1, 0.15) is 5.60 Å². The third-order valence-electron chi connectivity index (χ3n) is 5.11. The molecule has 1 aliphatic carbocycles. The van der Waals surface area contributed by atoms with Crippen molar-refractivity contribution in [3.8, 4) is 11.5 Å². The second-order valence-corrected chi connectivity index (χ2v) is 8.72. The van der Waals surface area contributed by atoms with Gasteiger partial charge in [0.25, 0.3) is 0 Å². The standard InChI is InChI=1S/C20H25NO5S/c1-13-5-6-14(2)19(9-13)27(23,24)21-12-20(22)8-7-15-10-17(25-3)18(26-4)11-16(15)20/h5-6,9-11,21-22H,7-8,12H2,1-4H3. The molecule has 0 spiro atoms. The Balaban J connectivity index is 1.88. The zero-order valence-corrected chi connectivity index (χ0v) is 16.8. The number of aliphatic hydroxyl groups is 1. The monoisotopic (exact) mass is 391 g/mol. The van der Waals surface area contributed by atoms with Crippen molar-refractivity contribution < 1.29 is 23.0 Å². The number of nitrogens with one attached hydrogen (secondary N) is 1. The fourth-order valence-corrected chi connectivity index (χ4v) is 4.93. The Morgan fingerprint density at radius 3 is 2.44 bits per heavy atom. The Labute approximate surface area is 160 Å². The first-order chi connectivity index (χ1) is 12.7. The molecule has 2 aromatic carbocycles. The smallest absolute Gasteiger partial charge is 0.240 e. The van der Waals surface area contributed by atoms with Crippen LogP contribution >= 0.6 is 0 Å². The first-order valence-electron chi connectivity index (χ1n) is 8.75. The zero-order valence-electron chi connectivity index (χ0n) is 16.0. The normalized spacial score (nSPS) is 19.0. The molecule has 7 heteroatoms. The van der Waals surface area contributed by atoms with E-state index in [0.717, 1.165) is 11.1 Å². The number of rotatable bonds is 6. The van der Waals surface area contributed by atoms with E-state index < -0.39 is 15.6 Å². The summed E-state index contributed by atoms with van der Waals surface area (Å²) in [6.45, 7) is 3.49. The lowest BCUT2D eigenvalue weighted by Gasteiger charge is -2.25. The highest BCUT2D eigenvalue weighted by atomic mass is 32.2. The summed E-state index contributed by atoms with van der Waals surface area (Å²) in [6.07, 6.45) is 1.06. The molecule has 0 radical (unpaired) electrons. The summed E-state index contributed by atoms with van der Waals surface area (Å²) in [7, 11) is -0.648. The summed E-state index contributed by atoms with van der Waals surface area (Å²) in [5.74, 6) is 1.10. The number of benzene rings is 2. The van der Waals surface area contributed by atoms with E-state index in [2.05, 4.69) is 4.72 Å². The third-order valence-corrected chi connectivity index (χ3v) is 6.65. The van der Waals surface area contributed by atoms with Gasteiger partial charge in [-0.2, -0.15) is 0 Å². The van der Waals surface area contributed by atoms with Crippen molar-refractivity contribution in [1.29, 1.82) is 0 Å². The van der Waals surface area contributed by atoms with Crippen LogP contribution in [0.25, 0.3) is 0 Å². The quantitative estimate of drug-likeness (QED) is 0.790. The number of fused-ring (bicyclic) bond motifs is 1. The third kappa shape index (κ3) is 3.67. The first-order valence-corrected chi connectivity index (χ1v) is 10.2. The van der Waals surface area contributed by atoms with Crippen LogP contribution in [0.5, 0.6) is 11.5 Å². The topological polar surface area (TPSA) is 84.9 Å². The number of hydrogen-bond donors (Lipinski definition) is 2. The molecule has 0 heterocycles. The molecule has 2 aromatic rings. The summed E-state index contributed by atoms with van der Waals surface area (Å²) in [6, 6.07) is 8.85. The maximum Gasteiger partial charge on any atom is 0.240 e. The van der Waals surface area contributed by atoms with Gasteiger partial charge in [-0.05, 0) is 67.1 Å². The van der Waals surface area contributed by atoms with Crippen molar-refractivity contribution in [2.45, 2.75) is 37.2 Å². The highest BCUT2D eigenvalue weighted by Crippen LogP contribution is 2.42. The molecular weight excluding hydrogens is 366 g/mol. The second-order valence-electron chi connectivity index (χ2n) is 6.99. The molecule has 2 N–H and O–H groups in total. The van der Waals surface area contributed by atoms with Crippen LogP contribution in [0, 0.1) is 13.8 Å². The minimum Gasteiger partial charge on any atom is -0.493 e. The van der Waals surface area contributed by atoms with Crippen molar-refractivity contribution in [3.05, 3.63) is 52.6 Å². The number of sulfonamides is 1. The van der Waals surface area contributed by atoms with Crippen LogP contribution in [0.3, 0.4) is 0 Å². The van der Waals surface area contributed by atoms with E-state index >= 15 is 0 Å². The molecule has 0 fully saturated rings. The maximum atomic E-state index is 12.8. The van der Waals surface area contributed by atoms with Crippen LogP contribution in [0.2, 0.25) is 0 Å². The van der Waals surface area contributed by atoms with Crippen LogP contribution in [-0.4, -0.2) is 34.3 Å². The number of methoxy groups -OCH3 is 2. The maximum absolute atomic E-state index is 12.8. The van der Waals surface area contributed by atoms with Gasteiger partial charge in [-0.25, -0.2) is 13.1 Å². The van der Waals surface area contributed by atoms with Crippen molar-refractivity contribution in [3.63, 3.8) is 0 Å². The Bertz CT molecular complexity index is 971. The lowest BCUT2D eigenvalue weighted by Crippen LogP contribution is -2.39. The summed E-state index contributed by atoms with van der Waals surface area (Å²) >= 11 is 0. The average Bonchev–Trinajstić information content (AvgIpc) is 2.97. The van der Waals surface area contributed by atoms with Crippen molar-refractivity contribution in [1.82, 2.24) is 4.72 Å². The predicted molar refractivity (Wildman–Crippen MR) is 103 cm³/mol. The van der Waals surface area contributed by atoms with E-state index in [4.69, 9.17) is 9.47 Å². The summed E-state index contributed by atoms with van der Waals surface area (Å²) in [5, 5.41) is 11.1. The van der Waals surface area contributed by atoms with E-state index in [1.54, 1.807) is 32.2 Å². The van der Waals surface area contributed by atoms with Crippen LogP contribution in [-0.2, 0) is 22.0 Å². The lowest BCUT2D eigenvalue weighted by atomic mass is 9.96.